The molecule has 1 aliphatic heterocycles. The standard InChI is InChI=1S/C11H6O2S3/c12-11(13)9-7-4-2-1-3-6(7)5-8-10(9)15-16-14-8/h1-5H,(H,12,13). The van der Waals surface area contributed by atoms with Crippen molar-refractivity contribution in [1.29, 1.82) is 0 Å². The molecule has 0 aliphatic carbocycles. The highest BCUT2D eigenvalue weighted by atomic mass is 33.5. The number of carboxylic acid groups (broad SMARTS) is 1. The molecule has 1 aliphatic rings. The van der Waals surface area contributed by atoms with Crippen molar-refractivity contribution in [3.8, 4) is 0 Å². The van der Waals surface area contributed by atoms with Crippen molar-refractivity contribution in [3.63, 3.8) is 0 Å². The molecule has 0 radical (unpaired) electrons. The molecule has 2 aromatic carbocycles. The monoisotopic (exact) mass is 266 g/mol. The lowest BCUT2D eigenvalue weighted by Gasteiger charge is -2.06. The van der Waals surface area contributed by atoms with Crippen molar-refractivity contribution in [1.82, 2.24) is 0 Å². The molecule has 0 spiro atoms. The van der Waals surface area contributed by atoms with E-state index in [0.717, 1.165) is 20.6 Å². The second-order valence-electron chi connectivity index (χ2n) is 3.34. The molecule has 0 amide bonds. The highest BCUT2D eigenvalue weighted by molar-refractivity contribution is 9.10. The third kappa shape index (κ3) is 1.50. The van der Waals surface area contributed by atoms with E-state index in [-0.39, 0.29) is 0 Å². The van der Waals surface area contributed by atoms with Crippen molar-refractivity contribution < 1.29 is 9.90 Å². The lowest BCUT2D eigenvalue weighted by Crippen LogP contribution is -2.00. The summed E-state index contributed by atoms with van der Waals surface area (Å²) in [5, 5.41) is 11.1. The van der Waals surface area contributed by atoms with Crippen LogP contribution in [0.5, 0.6) is 0 Å². The van der Waals surface area contributed by atoms with E-state index in [1.54, 1.807) is 20.6 Å². The maximum absolute atomic E-state index is 11.3. The van der Waals surface area contributed by atoms with Gasteiger partial charge in [0.25, 0.3) is 0 Å². The minimum Gasteiger partial charge on any atom is -0.478 e. The predicted octanol–water partition coefficient (Wildman–Crippen LogP) is 4.30. The molecule has 80 valence electrons. The number of rotatable bonds is 1. The van der Waals surface area contributed by atoms with Crippen molar-refractivity contribution in [3.05, 3.63) is 35.9 Å². The molecule has 1 heterocycles. The van der Waals surface area contributed by atoms with Crippen LogP contribution >= 0.6 is 31.4 Å². The summed E-state index contributed by atoms with van der Waals surface area (Å²) in [6.07, 6.45) is 0. The van der Waals surface area contributed by atoms with Gasteiger partial charge in [0, 0.05) is 9.79 Å². The van der Waals surface area contributed by atoms with Gasteiger partial charge in [-0.25, -0.2) is 4.79 Å². The van der Waals surface area contributed by atoms with Crippen molar-refractivity contribution in [2.24, 2.45) is 0 Å². The predicted molar refractivity (Wildman–Crippen MR) is 70.2 cm³/mol. The van der Waals surface area contributed by atoms with E-state index >= 15 is 0 Å². The first-order valence-corrected chi connectivity index (χ1v) is 8.06. The van der Waals surface area contributed by atoms with Crippen molar-refractivity contribution in [2.45, 2.75) is 9.79 Å². The normalized spacial score (nSPS) is 14.0. The Balaban J connectivity index is 2.45. The quantitative estimate of drug-likeness (QED) is 0.779. The molecule has 1 N–H and O–H groups in total. The third-order valence-electron chi connectivity index (χ3n) is 2.42. The summed E-state index contributed by atoms with van der Waals surface area (Å²) in [6.45, 7) is 0. The molecule has 0 aromatic heterocycles. The van der Waals surface area contributed by atoms with Crippen LogP contribution in [0, 0.1) is 0 Å². The zero-order valence-corrected chi connectivity index (χ0v) is 10.4. The minimum atomic E-state index is -0.844. The Morgan fingerprint density at radius 1 is 1.19 bits per heavy atom. The molecule has 2 aromatic rings. The van der Waals surface area contributed by atoms with Crippen LogP contribution in [0.25, 0.3) is 10.8 Å². The highest BCUT2D eigenvalue weighted by Crippen LogP contribution is 2.57. The van der Waals surface area contributed by atoms with Gasteiger partial charge in [-0.2, -0.15) is 0 Å². The molecule has 2 nitrogen and oxygen atoms in total. The second kappa shape index (κ2) is 3.91. The van der Waals surface area contributed by atoms with Gasteiger partial charge >= 0.3 is 5.97 Å². The Morgan fingerprint density at radius 3 is 2.81 bits per heavy atom. The Morgan fingerprint density at radius 2 is 2.00 bits per heavy atom. The largest absolute Gasteiger partial charge is 0.478 e. The molecule has 0 atom stereocenters. The maximum atomic E-state index is 11.3. The molecular weight excluding hydrogens is 260 g/mol. The van der Waals surface area contributed by atoms with E-state index in [1.807, 2.05) is 24.3 Å². The lowest BCUT2D eigenvalue weighted by molar-refractivity contribution is 0.0695. The summed E-state index contributed by atoms with van der Waals surface area (Å²) >= 11 is 0. The second-order valence-corrected chi connectivity index (χ2v) is 7.29. The molecule has 0 unspecified atom stereocenters. The van der Waals surface area contributed by atoms with Crippen LogP contribution in [-0.4, -0.2) is 11.1 Å². The molecule has 5 heteroatoms. The number of hydrogen-bond donors (Lipinski definition) is 1. The third-order valence-corrected chi connectivity index (χ3v) is 6.45. The number of benzene rings is 2. The van der Waals surface area contributed by atoms with Gasteiger partial charge in [0.15, 0.2) is 0 Å². The highest BCUT2D eigenvalue weighted by Gasteiger charge is 2.23. The summed E-state index contributed by atoms with van der Waals surface area (Å²) in [5.74, 6) is -0.844. The van der Waals surface area contributed by atoms with Gasteiger partial charge in [-0.3, -0.25) is 0 Å². The Bertz CT molecular complexity index is 595. The Kier molecular flexibility index (Phi) is 2.53. The van der Waals surface area contributed by atoms with Gasteiger partial charge < -0.3 is 5.11 Å². The fourth-order valence-electron chi connectivity index (χ4n) is 1.75. The summed E-state index contributed by atoms with van der Waals surface area (Å²) in [5.41, 5.74) is 0.440. The van der Waals surface area contributed by atoms with Crippen molar-refractivity contribution in [2.75, 3.05) is 0 Å². The number of aromatic carboxylic acids is 1. The molecular formula is C11H6O2S3. The van der Waals surface area contributed by atoms with E-state index < -0.39 is 5.97 Å². The first-order chi connectivity index (χ1) is 7.77. The number of carbonyl (C=O) groups is 1. The molecule has 3 rings (SSSR count). The molecule has 0 saturated carbocycles. The van der Waals surface area contributed by atoms with Crippen LogP contribution in [0.4, 0.5) is 0 Å². The summed E-state index contributed by atoms with van der Waals surface area (Å²) in [4.78, 5) is 13.3. The molecule has 0 bridgehead atoms. The van der Waals surface area contributed by atoms with Gasteiger partial charge in [-0.1, -0.05) is 24.3 Å². The molecule has 0 saturated heterocycles. The number of hydrogen-bond acceptors (Lipinski definition) is 4. The summed E-state index contributed by atoms with van der Waals surface area (Å²) < 4.78 is 0. The van der Waals surface area contributed by atoms with Crippen LogP contribution < -0.4 is 0 Å². The van der Waals surface area contributed by atoms with Crippen LogP contribution in [0.2, 0.25) is 0 Å². The summed E-state index contributed by atoms with van der Waals surface area (Å²) in [7, 11) is 4.78. The molecule has 0 fully saturated rings. The zero-order valence-electron chi connectivity index (χ0n) is 7.97. The van der Waals surface area contributed by atoms with Gasteiger partial charge in [0.05, 0.1) is 5.56 Å². The van der Waals surface area contributed by atoms with Crippen LogP contribution in [-0.2, 0) is 0 Å². The van der Waals surface area contributed by atoms with E-state index in [4.69, 9.17) is 0 Å². The number of fused-ring (bicyclic) bond motifs is 2. The SMILES string of the molecule is O=C(O)c1c2c(cc3ccccc13)SSS2. The van der Waals surface area contributed by atoms with E-state index in [2.05, 4.69) is 6.07 Å². The van der Waals surface area contributed by atoms with Gasteiger partial charge in [0.2, 0.25) is 0 Å². The number of carboxylic acids is 1. The fourth-order valence-corrected chi connectivity index (χ4v) is 6.28. The summed E-state index contributed by atoms with van der Waals surface area (Å²) in [6, 6.07) is 9.69. The maximum Gasteiger partial charge on any atom is 0.337 e. The Labute approximate surface area is 104 Å². The smallest absolute Gasteiger partial charge is 0.337 e. The van der Waals surface area contributed by atoms with Gasteiger partial charge in [-0.15, -0.1) is 0 Å². The van der Waals surface area contributed by atoms with E-state index in [0.29, 0.717) is 5.56 Å². The van der Waals surface area contributed by atoms with Crippen molar-refractivity contribution >= 4 is 48.2 Å². The first-order valence-electron chi connectivity index (χ1n) is 4.57. The average Bonchev–Trinajstić information content (AvgIpc) is 2.72. The van der Waals surface area contributed by atoms with Gasteiger partial charge in [-0.05, 0) is 48.3 Å². The molecule has 16 heavy (non-hydrogen) atoms. The first kappa shape index (κ1) is 10.4. The zero-order chi connectivity index (χ0) is 11.1. The van der Waals surface area contributed by atoms with Gasteiger partial charge in [0.1, 0.15) is 0 Å². The van der Waals surface area contributed by atoms with Crippen LogP contribution in [0.1, 0.15) is 10.4 Å². The Hall–Kier alpha value is -0.780. The minimum absolute atomic E-state index is 0.440. The van der Waals surface area contributed by atoms with E-state index in [9.17, 15) is 9.90 Å². The van der Waals surface area contributed by atoms with E-state index in [1.165, 1.54) is 10.8 Å². The lowest BCUT2D eigenvalue weighted by atomic mass is 10.0. The average molecular weight is 266 g/mol. The van der Waals surface area contributed by atoms with Crippen LogP contribution in [0.15, 0.2) is 40.1 Å². The van der Waals surface area contributed by atoms with Crippen LogP contribution in [0.3, 0.4) is 0 Å². The topological polar surface area (TPSA) is 37.3 Å². The fraction of sp³-hybridized carbons (Fsp3) is 0.